The second kappa shape index (κ2) is 8.53. The van der Waals surface area contributed by atoms with E-state index in [1.54, 1.807) is 19.1 Å². The molecule has 0 unspecified atom stereocenters. The molecule has 5 nitrogen and oxygen atoms in total. The molecule has 0 atom stereocenters. The molecule has 0 radical (unpaired) electrons. The summed E-state index contributed by atoms with van der Waals surface area (Å²) in [6, 6.07) is 10.9. The minimum Gasteiger partial charge on any atom is -0.376 e. The molecule has 0 heterocycles. The molecule has 2 aromatic carbocycles. The molecule has 0 saturated heterocycles. The van der Waals surface area contributed by atoms with Gasteiger partial charge in [0.25, 0.3) is 0 Å². The lowest BCUT2D eigenvalue weighted by molar-refractivity contribution is -0.116. The molecule has 25 heavy (non-hydrogen) atoms. The number of benzene rings is 2. The van der Waals surface area contributed by atoms with Gasteiger partial charge in [0.15, 0.2) is 0 Å². The normalized spacial score (nSPS) is 10.2. The van der Waals surface area contributed by atoms with Crippen molar-refractivity contribution in [1.29, 1.82) is 0 Å². The molecule has 2 aromatic rings. The van der Waals surface area contributed by atoms with Gasteiger partial charge in [-0.3, -0.25) is 9.59 Å². The van der Waals surface area contributed by atoms with E-state index in [1.165, 1.54) is 0 Å². The van der Waals surface area contributed by atoms with E-state index in [4.69, 9.17) is 11.6 Å². The molecular formula is C19H22ClN3O2. The average Bonchev–Trinajstić information content (AvgIpc) is 2.59. The fourth-order valence-electron chi connectivity index (χ4n) is 2.31. The molecule has 0 aliphatic carbocycles. The van der Waals surface area contributed by atoms with Gasteiger partial charge in [-0.05, 0) is 49.2 Å². The second-order valence-electron chi connectivity index (χ2n) is 5.69. The van der Waals surface area contributed by atoms with E-state index >= 15 is 0 Å². The highest BCUT2D eigenvalue weighted by Gasteiger charge is 2.10. The fourth-order valence-corrected chi connectivity index (χ4v) is 2.49. The smallest absolute Gasteiger partial charge is 0.243 e. The lowest BCUT2D eigenvalue weighted by Gasteiger charge is -2.14. The van der Waals surface area contributed by atoms with Crippen molar-refractivity contribution in [3.8, 4) is 0 Å². The van der Waals surface area contributed by atoms with Crippen LogP contribution in [0.4, 0.5) is 17.1 Å². The van der Waals surface area contributed by atoms with Crippen LogP contribution in [0.15, 0.2) is 36.4 Å². The van der Waals surface area contributed by atoms with Crippen molar-refractivity contribution >= 4 is 40.5 Å². The standard InChI is InChI=1S/C19H22ClN3O2/c1-4-18(24)22-16-9-6-10-17(13(16)3)23-19(25)11-21-15-8-5-7-14(20)12(15)2/h5-10,21H,4,11H2,1-3H3,(H,22,24)(H,23,25). The predicted molar refractivity (Wildman–Crippen MR) is 103 cm³/mol. The summed E-state index contributed by atoms with van der Waals surface area (Å²) in [6.07, 6.45) is 0.402. The monoisotopic (exact) mass is 359 g/mol. The molecule has 0 saturated carbocycles. The van der Waals surface area contributed by atoms with Gasteiger partial charge >= 0.3 is 0 Å². The quantitative estimate of drug-likeness (QED) is 0.717. The highest BCUT2D eigenvalue weighted by molar-refractivity contribution is 6.31. The van der Waals surface area contributed by atoms with E-state index in [0.717, 1.165) is 16.8 Å². The first-order chi connectivity index (χ1) is 11.9. The van der Waals surface area contributed by atoms with Crippen LogP contribution >= 0.6 is 11.6 Å². The van der Waals surface area contributed by atoms with Crippen LogP contribution in [0.25, 0.3) is 0 Å². The van der Waals surface area contributed by atoms with E-state index in [-0.39, 0.29) is 18.4 Å². The van der Waals surface area contributed by atoms with Crippen molar-refractivity contribution in [2.45, 2.75) is 27.2 Å². The molecule has 0 bridgehead atoms. The maximum atomic E-state index is 12.2. The third kappa shape index (κ3) is 4.97. The zero-order chi connectivity index (χ0) is 18.4. The molecule has 0 fully saturated rings. The molecular weight excluding hydrogens is 338 g/mol. The first-order valence-electron chi connectivity index (χ1n) is 8.10. The van der Waals surface area contributed by atoms with Crippen molar-refractivity contribution in [3.63, 3.8) is 0 Å². The lowest BCUT2D eigenvalue weighted by atomic mass is 10.1. The van der Waals surface area contributed by atoms with E-state index in [9.17, 15) is 9.59 Å². The first kappa shape index (κ1) is 18.8. The number of hydrogen-bond donors (Lipinski definition) is 3. The van der Waals surface area contributed by atoms with Crippen LogP contribution < -0.4 is 16.0 Å². The molecule has 0 aliphatic heterocycles. The minimum absolute atomic E-state index is 0.0651. The summed E-state index contributed by atoms with van der Waals surface area (Å²) in [5, 5.41) is 9.42. The van der Waals surface area contributed by atoms with Gasteiger partial charge in [0, 0.05) is 28.5 Å². The van der Waals surface area contributed by atoms with E-state index < -0.39 is 0 Å². The summed E-state index contributed by atoms with van der Waals surface area (Å²) in [7, 11) is 0. The largest absolute Gasteiger partial charge is 0.376 e. The van der Waals surface area contributed by atoms with Crippen molar-refractivity contribution in [1.82, 2.24) is 0 Å². The molecule has 6 heteroatoms. The fraction of sp³-hybridized carbons (Fsp3) is 0.263. The first-order valence-corrected chi connectivity index (χ1v) is 8.48. The second-order valence-corrected chi connectivity index (χ2v) is 6.10. The van der Waals surface area contributed by atoms with E-state index in [1.807, 2.05) is 38.1 Å². The Morgan fingerprint density at radius 2 is 1.44 bits per heavy atom. The molecule has 0 aromatic heterocycles. The van der Waals surface area contributed by atoms with Gasteiger partial charge in [-0.2, -0.15) is 0 Å². The van der Waals surface area contributed by atoms with Crippen molar-refractivity contribution in [2.75, 3.05) is 22.5 Å². The number of nitrogens with one attached hydrogen (secondary N) is 3. The maximum absolute atomic E-state index is 12.2. The Bertz CT molecular complexity index is 790. The van der Waals surface area contributed by atoms with Gasteiger partial charge in [-0.25, -0.2) is 0 Å². The number of anilines is 3. The van der Waals surface area contributed by atoms with E-state index in [2.05, 4.69) is 16.0 Å². The summed E-state index contributed by atoms with van der Waals surface area (Å²) < 4.78 is 0. The number of hydrogen-bond acceptors (Lipinski definition) is 3. The van der Waals surface area contributed by atoms with Crippen LogP contribution in [0, 0.1) is 13.8 Å². The van der Waals surface area contributed by atoms with Crippen molar-refractivity contribution < 1.29 is 9.59 Å². The van der Waals surface area contributed by atoms with Gasteiger partial charge < -0.3 is 16.0 Å². The summed E-state index contributed by atoms with van der Waals surface area (Å²) >= 11 is 6.08. The van der Waals surface area contributed by atoms with Crippen LogP contribution in [-0.4, -0.2) is 18.4 Å². The summed E-state index contributed by atoms with van der Waals surface area (Å²) in [5.41, 5.74) is 3.91. The van der Waals surface area contributed by atoms with Crippen molar-refractivity contribution in [2.24, 2.45) is 0 Å². The maximum Gasteiger partial charge on any atom is 0.243 e. The van der Waals surface area contributed by atoms with Crippen LogP contribution in [-0.2, 0) is 9.59 Å². The molecule has 2 amide bonds. The number of carbonyl (C=O) groups is 2. The molecule has 0 spiro atoms. The highest BCUT2D eigenvalue weighted by atomic mass is 35.5. The number of halogens is 1. The van der Waals surface area contributed by atoms with E-state index in [0.29, 0.717) is 22.8 Å². The van der Waals surface area contributed by atoms with Gasteiger partial charge in [0.05, 0.1) is 6.54 Å². The average molecular weight is 360 g/mol. The Kier molecular flexibility index (Phi) is 6.42. The number of carbonyl (C=O) groups excluding carboxylic acids is 2. The molecule has 2 rings (SSSR count). The van der Waals surface area contributed by atoms with Gasteiger partial charge in [0.2, 0.25) is 11.8 Å². The molecule has 0 aliphatic rings. The Labute approximate surface area is 152 Å². The molecule has 3 N–H and O–H groups in total. The third-order valence-corrected chi connectivity index (χ3v) is 4.32. The SMILES string of the molecule is CCC(=O)Nc1cccc(NC(=O)CNc2cccc(Cl)c2C)c1C. The number of rotatable bonds is 6. The summed E-state index contributed by atoms with van der Waals surface area (Å²) in [4.78, 5) is 23.8. The van der Waals surface area contributed by atoms with Crippen LogP contribution in [0.2, 0.25) is 5.02 Å². The Hall–Kier alpha value is -2.53. The topological polar surface area (TPSA) is 70.2 Å². The van der Waals surface area contributed by atoms with Crippen LogP contribution in [0.3, 0.4) is 0 Å². The third-order valence-electron chi connectivity index (χ3n) is 3.91. The zero-order valence-electron chi connectivity index (χ0n) is 14.6. The van der Waals surface area contributed by atoms with Gasteiger partial charge in [-0.15, -0.1) is 0 Å². The van der Waals surface area contributed by atoms with Crippen LogP contribution in [0.5, 0.6) is 0 Å². The summed E-state index contributed by atoms with van der Waals surface area (Å²) in [5.74, 6) is -0.244. The lowest BCUT2D eigenvalue weighted by Crippen LogP contribution is -2.22. The Balaban J connectivity index is 2.02. The van der Waals surface area contributed by atoms with Gasteiger partial charge in [-0.1, -0.05) is 30.7 Å². The number of amides is 2. The predicted octanol–water partition coefficient (Wildman–Crippen LogP) is 4.36. The zero-order valence-corrected chi connectivity index (χ0v) is 15.3. The highest BCUT2D eigenvalue weighted by Crippen LogP contribution is 2.24. The van der Waals surface area contributed by atoms with Crippen LogP contribution in [0.1, 0.15) is 24.5 Å². The Morgan fingerprint density at radius 1 is 0.880 bits per heavy atom. The summed E-state index contributed by atoms with van der Waals surface area (Å²) in [6.45, 7) is 5.66. The Morgan fingerprint density at radius 3 is 2.08 bits per heavy atom. The molecule has 132 valence electrons. The van der Waals surface area contributed by atoms with Crippen molar-refractivity contribution in [3.05, 3.63) is 52.5 Å². The van der Waals surface area contributed by atoms with Gasteiger partial charge in [0.1, 0.15) is 0 Å². The minimum atomic E-state index is -0.179.